The molecule has 0 radical (unpaired) electrons. The number of carbonyl (C=O) groups excluding carboxylic acids is 1. The number of nitrogens with zero attached hydrogens (tertiary/aromatic N) is 4. The van der Waals surface area contributed by atoms with Crippen LogP contribution in [0.15, 0.2) is 70.3 Å². The molecule has 0 bridgehead atoms. The van der Waals surface area contributed by atoms with Crippen LogP contribution in [-0.4, -0.2) is 25.8 Å². The fraction of sp³-hybridized carbons (Fsp3) is 0.0588. The first-order valence-electron chi connectivity index (χ1n) is 7.53. The minimum Gasteiger partial charge on any atom is -0.461 e. The van der Waals surface area contributed by atoms with Gasteiger partial charge in [0.05, 0.1) is 24.1 Å². The lowest BCUT2D eigenvalue weighted by molar-refractivity contribution is 0.0950. The van der Waals surface area contributed by atoms with Crippen molar-refractivity contribution in [2.24, 2.45) is 0 Å². The average molecular weight is 335 g/mol. The molecule has 8 heteroatoms. The van der Waals surface area contributed by atoms with Gasteiger partial charge in [-0.1, -0.05) is 17.3 Å². The highest BCUT2D eigenvalue weighted by Gasteiger charge is 2.14. The van der Waals surface area contributed by atoms with Gasteiger partial charge in [0.15, 0.2) is 5.76 Å². The maximum absolute atomic E-state index is 12.5. The Labute approximate surface area is 142 Å². The maximum Gasteiger partial charge on any atom is 0.253 e. The third-order valence-electron chi connectivity index (χ3n) is 3.60. The van der Waals surface area contributed by atoms with Gasteiger partial charge in [-0.3, -0.25) is 9.36 Å². The Morgan fingerprint density at radius 1 is 1.08 bits per heavy atom. The van der Waals surface area contributed by atoms with Gasteiger partial charge in [-0.2, -0.15) is 0 Å². The molecule has 0 saturated heterocycles. The SMILES string of the molecule is O=C(NCc1cc(-c2ccco2)on1)c1ccccc1-n1cnnc1. The highest BCUT2D eigenvalue weighted by atomic mass is 16.5. The molecule has 0 aliphatic rings. The topological polar surface area (TPSA) is 99.0 Å². The summed E-state index contributed by atoms with van der Waals surface area (Å²) in [5.41, 5.74) is 1.81. The number of nitrogens with one attached hydrogen (secondary N) is 1. The Hall–Kier alpha value is -3.68. The highest BCUT2D eigenvalue weighted by Crippen LogP contribution is 2.20. The van der Waals surface area contributed by atoms with E-state index in [0.29, 0.717) is 28.5 Å². The summed E-state index contributed by atoms with van der Waals surface area (Å²) in [7, 11) is 0. The normalized spacial score (nSPS) is 10.7. The van der Waals surface area contributed by atoms with E-state index < -0.39 is 0 Å². The zero-order valence-corrected chi connectivity index (χ0v) is 13.0. The summed E-state index contributed by atoms with van der Waals surface area (Å²) in [6.45, 7) is 0.236. The average Bonchev–Trinajstić information content (AvgIpc) is 3.41. The van der Waals surface area contributed by atoms with E-state index in [2.05, 4.69) is 20.7 Å². The van der Waals surface area contributed by atoms with Gasteiger partial charge in [-0.05, 0) is 24.3 Å². The Morgan fingerprint density at radius 3 is 2.72 bits per heavy atom. The summed E-state index contributed by atoms with van der Waals surface area (Å²) in [5.74, 6) is 0.869. The largest absolute Gasteiger partial charge is 0.461 e. The lowest BCUT2D eigenvalue weighted by Gasteiger charge is -2.09. The van der Waals surface area contributed by atoms with Gasteiger partial charge in [-0.25, -0.2) is 0 Å². The van der Waals surface area contributed by atoms with E-state index in [1.54, 1.807) is 53.8 Å². The number of hydrogen-bond acceptors (Lipinski definition) is 6. The molecule has 0 saturated carbocycles. The van der Waals surface area contributed by atoms with E-state index in [-0.39, 0.29) is 12.5 Å². The van der Waals surface area contributed by atoms with Gasteiger partial charge >= 0.3 is 0 Å². The summed E-state index contributed by atoms with van der Waals surface area (Å²) in [4.78, 5) is 12.5. The number of aromatic nitrogens is 4. The number of benzene rings is 1. The minimum atomic E-state index is -0.230. The smallest absolute Gasteiger partial charge is 0.253 e. The van der Waals surface area contributed by atoms with Crippen LogP contribution in [-0.2, 0) is 6.54 Å². The second-order valence-electron chi connectivity index (χ2n) is 5.23. The van der Waals surface area contributed by atoms with E-state index in [1.807, 2.05) is 12.1 Å². The molecule has 4 rings (SSSR count). The Kier molecular flexibility index (Phi) is 3.83. The molecule has 0 unspecified atom stereocenters. The zero-order valence-electron chi connectivity index (χ0n) is 13.0. The number of carbonyl (C=O) groups is 1. The molecule has 0 aliphatic carbocycles. The number of hydrogen-bond donors (Lipinski definition) is 1. The first-order chi connectivity index (χ1) is 12.3. The molecule has 3 heterocycles. The highest BCUT2D eigenvalue weighted by molar-refractivity contribution is 5.97. The van der Waals surface area contributed by atoms with Crippen LogP contribution in [0.25, 0.3) is 17.2 Å². The molecule has 8 nitrogen and oxygen atoms in total. The predicted octanol–water partition coefficient (Wildman–Crippen LogP) is 2.45. The molecule has 1 aromatic carbocycles. The molecule has 0 fully saturated rings. The minimum absolute atomic E-state index is 0.230. The Morgan fingerprint density at radius 2 is 1.92 bits per heavy atom. The van der Waals surface area contributed by atoms with Crippen molar-refractivity contribution in [1.29, 1.82) is 0 Å². The van der Waals surface area contributed by atoms with Gasteiger partial charge in [0.25, 0.3) is 5.91 Å². The van der Waals surface area contributed by atoms with Crippen LogP contribution in [0.2, 0.25) is 0 Å². The summed E-state index contributed by atoms with van der Waals surface area (Å²) in [5, 5.41) is 14.3. The third-order valence-corrected chi connectivity index (χ3v) is 3.60. The molecule has 3 aromatic heterocycles. The van der Waals surface area contributed by atoms with Crippen LogP contribution in [0.1, 0.15) is 16.1 Å². The van der Waals surface area contributed by atoms with Crippen molar-refractivity contribution in [3.8, 4) is 17.2 Å². The van der Waals surface area contributed by atoms with Crippen LogP contribution < -0.4 is 5.32 Å². The molecular formula is C17H13N5O3. The molecule has 1 N–H and O–H groups in total. The number of para-hydroxylation sites is 1. The van der Waals surface area contributed by atoms with E-state index >= 15 is 0 Å². The number of amides is 1. The molecule has 0 spiro atoms. The van der Waals surface area contributed by atoms with E-state index in [1.165, 1.54) is 0 Å². The van der Waals surface area contributed by atoms with Crippen molar-refractivity contribution >= 4 is 5.91 Å². The molecule has 0 aliphatic heterocycles. The van der Waals surface area contributed by atoms with Crippen LogP contribution in [0.3, 0.4) is 0 Å². The maximum atomic E-state index is 12.5. The Bertz CT molecular complexity index is 974. The monoisotopic (exact) mass is 335 g/mol. The van der Waals surface area contributed by atoms with Crippen LogP contribution in [0, 0.1) is 0 Å². The van der Waals surface area contributed by atoms with Crippen molar-refractivity contribution in [1.82, 2.24) is 25.2 Å². The first-order valence-corrected chi connectivity index (χ1v) is 7.53. The van der Waals surface area contributed by atoms with E-state index in [0.717, 1.165) is 0 Å². The standard InChI is InChI=1S/C17H13N5O3/c23-17(13-4-1-2-5-14(13)22-10-19-20-11-22)18-9-12-8-16(25-21-12)15-6-3-7-24-15/h1-8,10-11H,9H2,(H,18,23). The zero-order chi connectivity index (χ0) is 17.1. The molecule has 1 amide bonds. The fourth-order valence-corrected chi connectivity index (χ4v) is 2.41. The molecule has 0 atom stereocenters. The first kappa shape index (κ1) is 14.9. The predicted molar refractivity (Wildman–Crippen MR) is 86.7 cm³/mol. The lowest BCUT2D eigenvalue weighted by atomic mass is 10.1. The van der Waals surface area contributed by atoms with Crippen LogP contribution in [0.4, 0.5) is 0 Å². The van der Waals surface area contributed by atoms with Crippen LogP contribution >= 0.6 is 0 Å². The molecular weight excluding hydrogens is 322 g/mol. The van der Waals surface area contributed by atoms with Crippen molar-refractivity contribution in [2.45, 2.75) is 6.54 Å². The van der Waals surface area contributed by atoms with Crippen molar-refractivity contribution < 1.29 is 13.7 Å². The van der Waals surface area contributed by atoms with Gasteiger partial charge < -0.3 is 14.3 Å². The quantitative estimate of drug-likeness (QED) is 0.601. The fourth-order valence-electron chi connectivity index (χ4n) is 2.41. The number of furan rings is 1. The summed E-state index contributed by atoms with van der Waals surface area (Å²) >= 11 is 0. The summed E-state index contributed by atoms with van der Waals surface area (Å²) in [6.07, 6.45) is 4.64. The van der Waals surface area contributed by atoms with Crippen LogP contribution in [0.5, 0.6) is 0 Å². The van der Waals surface area contributed by atoms with Gasteiger partial charge in [0.1, 0.15) is 18.3 Å². The number of rotatable bonds is 5. The molecule has 25 heavy (non-hydrogen) atoms. The van der Waals surface area contributed by atoms with Gasteiger partial charge in [-0.15, -0.1) is 10.2 Å². The van der Waals surface area contributed by atoms with Crippen molar-refractivity contribution in [2.75, 3.05) is 0 Å². The van der Waals surface area contributed by atoms with Crippen molar-refractivity contribution in [3.05, 3.63) is 72.6 Å². The second-order valence-corrected chi connectivity index (χ2v) is 5.23. The molecule has 124 valence electrons. The van der Waals surface area contributed by atoms with Gasteiger partial charge in [0.2, 0.25) is 5.76 Å². The Balaban J connectivity index is 1.48. The van der Waals surface area contributed by atoms with E-state index in [4.69, 9.17) is 8.94 Å². The van der Waals surface area contributed by atoms with Gasteiger partial charge in [0, 0.05) is 6.07 Å². The van der Waals surface area contributed by atoms with Crippen molar-refractivity contribution in [3.63, 3.8) is 0 Å². The summed E-state index contributed by atoms with van der Waals surface area (Å²) < 4.78 is 12.1. The third kappa shape index (κ3) is 3.05. The lowest BCUT2D eigenvalue weighted by Crippen LogP contribution is -2.24. The van der Waals surface area contributed by atoms with E-state index in [9.17, 15) is 4.79 Å². The second kappa shape index (κ2) is 6.44. The summed E-state index contributed by atoms with van der Waals surface area (Å²) in [6, 6.07) is 12.5. The molecule has 4 aromatic rings.